The molecule has 1 amide bonds. The molecule has 0 N–H and O–H groups in total. The van der Waals surface area contributed by atoms with Crippen LogP contribution >= 0.6 is 0 Å². The van der Waals surface area contributed by atoms with E-state index in [1.54, 1.807) is 9.58 Å². The summed E-state index contributed by atoms with van der Waals surface area (Å²) in [6.45, 7) is 4.58. The number of carbonyl (C=O) groups excluding carboxylic acids is 2. The molecule has 2 rings (SSSR count). The Labute approximate surface area is 112 Å². The van der Waals surface area contributed by atoms with Crippen molar-refractivity contribution in [3.8, 4) is 0 Å². The highest BCUT2D eigenvalue weighted by Crippen LogP contribution is 2.19. The van der Waals surface area contributed by atoms with Gasteiger partial charge in [0.2, 0.25) is 5.91 Å². The number of amides is 1. The van der Waals surface area contributed by atoms with E-state index in [1.165, 1.54) is 7.11 Å². The molecule has 0 radical (unpaired) electrons. The minimum Gasteiger partial charge on any atom is -0.467 e. The van der Waals surface area contributed by atoms with Gasteiger partial charge in [0.25, 0.3) is 0 Å². The van der Waals surface area contributed by atoms with Crippen molar-refractivity contribution in [3.05, 3.63) is 17.5 Å². The van der Waals surface area contributed by atoms with Gasteiger partial charge in [0.15, 0.2) is 0 Å². The third-order valence-corrected chi connectivity index (χ3v) is 3.43. The molecule has 1 atom stereocenters. The van der Waals surface area contributed by atoms with E-state index < -0.39 is 6.04 Å². The summed E-state index contributed by atoms with van der Waals surface area (Å²) in [5, 5.41) is 4.26. The average Bonchev–Trinajstić information content (AvgIpc) is 2.96. The van der Waals surface area contributed by atoms with Gasteiger partial charge in [-0.25, -0.2) is 4.79 Å². The number of nitrogens with zero attached hydrogens (tertiary/aromatic N) is 3. The van der Waals surface area contributed by atoms with Crippen molar-refractivity contribution < 1.29 is 14.3 Å². The quantitative estimate of drug-likeness (QED) is 0.753. The number of hydrogen-bond donors (Lipinski definition) is 0. The number of ether oxygens (including phenoxy) is 1. The summed E-state index contributed by atoms with van der Waals surface area (Å²) < 4.78 is 6.41. The molecule has 19 heavy (non-hydrogen) atoms. The highest BCUT2D eigenvalue weighted by molar-refractivity contribution is 5.85. The Balaban J connectivity index is 2.07. The molecular formula is C13H19N3O3. The lowest BCUT2D eigenvalue weighted by Crippen LogP contribution is -2.42. The topological polar surface area (TPSA) is 64.4 Å². The van der Waals surface area contributed by atoms with Crippen LogP contribution in [0.2, 0.25) is 0 Å². The van der Waals surface area contributed by atoms with Gasteiger partial charge >= 0.3 is 5.97 Å². The van der Waals surface area contributed by atoms with Crippen LogP contribution in [0.4, 0.5) is 0 Å². The summed E-state index contributed by atoms with van der Waals surface area (Å²) >= 11 is 0. The van der Waals surface area contributed by atoms with Crippen LogP contribution in [0.1, 0.15) is 24.2 Å². The van der Waals surface area contributed by atoms with Gasteiger partial charge in [-0.2, -0.15) is 5.10 Å². The lowest BCUT2D eigenvalue weighted by Gasteiger charge is -2.22. The Morgan fingerprint density at radius 1 is 1.47 bits per heavy atom. The van der Waals surface area contributed by atoms with Crippen LogP contribution in [0.15, 0.2) is 6.07 Å². The standard InChI is InChI=1S/C13H19N3O3/c1-9-7-10(2)16(14-9)8-12(17)15-6-4-5-11(15)13(18)19-3/h7,11H,4-6,8H2,1-3H3. The molecule has 1 aliphatic heterocycles. The van der Waals surface area contributed by atoms with Crippen LogP contribution < -0.4 is 0 Å². The Kier molecular flexibility index (Phi) is 3.87. The van der Waals surface area contributed by atoms with E-state index >= 15 is 0 Å². The molecule has 1 unspecified atom stereocenters. The van der Waals surface area contributed by atoms with Gasteiger partial charge in [-0.3, -0.25) is 9.48 Å². The second-order valence-corrected chi connectivity index (χ2v) is 4.85. The van der Waals surface area contributed by atoms with Crippen molar-refractivity contribution in [3.63, 3.8) is 0 Å². The summed E-state index contributed by atoms with van der Waals surface area (Å²) in [5.41, 5.74) is 1.83. The van der Waals surface area contributed by atoms with Gasteiger partial charge in [-0.15, -0.1) is 0 Å². The van der Waals surface area contributed by atoms with Gasteiger partial charge in [0, 0.05) is 12.2 Å². The molecule has 0 aromatic carbocycles. The Morgan fingerprint density at radius 2 is 2.21 bits per heavy atom. The van der Waals surface area contributed by atoms with E-state index in [-0.39, 0.29) is 18.4 Å². The number of rotatable bonds is 3. The van der Waals surface area contributed by atoms with Crippen molar-refractivity contribution in [2.24, 2.45) is 0 Å². The predicted molar refractivity (Wildman–Crippen MR) is 68.5 cm³/mol. The third kappa shape index (κ3) is 2.77. The van der Waals surface area contributed by atoms with E-state index in [0.717, 1.165) is 17.8 Å². The fourth-order valence-corrected chi connectivity index (χ4v) is 2.50. The van der Waals surface area contributed by atoms with Crippen LogP contribution in [-0.4, -0.2) is 46.3 Å². The molecular weight excluding hydrogens is 246 g/mol. The van der Waals surface area contributed by atoms with E-state index in [9.17, 15) is 9.59 Å². The fourth-order valence-electron chi connectivity index (χ4n) is 2.50. The Morgan fingerprint density at radius 3 is 2.79 bits per heavy atom. The maximum atomic E-state index is 12.3. The van der Waals surface area contributed by atoms with Gasteiger partial charge in [0.05, 0.1) is 12.8 Å². The molecule has 1 aliphatic rings. The molecule has 0 spiro atoms. The van der Waals surface area contributed by atoms with E-state index in [2.05, 4.69) is 5.10 Å². The average molecular weight is 265 g/mol. The maximum absolute atomic E-state index is 12.3. The zero-order valence-electron chi connectivity index (χ0n) is 11.5. The number of methoxy groups -OCH3 is 1. The first-order chi connectivity index (χ1) is 9.02. The summed E-state index contributed by atoms with van der Waals surface area (Å²) in [6, 6.07) is 1.49. The number of esters is 1. The number of hydrogen-bond acceptors (Lipinski definition) is 4. The SMILES string of the molecule is COC(=O)C1CCCN1C(=O)Cn1nc(C)cc1C. The van der Waals surface area contributed by atoms with Crippen molar-refractivity contribution >= 4 is 11.9 Å². The zero-order valence-corrected chi connectivity index (χ0v) is 11.5. The van der Waals surface area contributed by atoms with E-state index in [0.29, 0.717) is 13.0 Å². The van der Waals surface area contributed by atoms with E-state index in [1.807, 2.05) is 19.9 Å². The molecule has 1 aromatic rings. The van der Waals surface area contributed by atoms with Crippen molar-refractivity contribution in [1.82, 2.24) is 14.7 Å². The van der Waals surface area contributed by atoms with Crippen LogP contribution in [0, 0.1) is 13.8 Å². The van der Waals surface area contributed by atoms with Crippen molar-refractivity contribution in [2.45, 2.75) is 39.3 Å². The van der Waals surface area contributed by atoms with Crippen LogP contribution in [0.25, 0.3) is 0 Å². The summed E-state index contributed by atoms with van der Waals surface area (Å²) in [4.78, 5) is 25.5. The zero-order chi connectivity index (χ0) is 14.0. The smallest absolute Gasteiger partial charge is 0.328 e. The minimum absolute atomic E-state index is 0.0842. The summed E-state index contributed by atoms with van der Waals surface area (Å²) in [5.74, 6) is -0.418. The van der Waals surface area contributed by atoms with Gasteiger partial charge in [-0.1, -0.05) is 0 Å². The molecule has 6 nitrogen and oxygen atoms in total. The summed E-state index contributed by atoms with van der Waals surface area (Å²) in [6.07, 6.45) is 1.51. The first kappa shape index (κ1) is 13.6. The molecule has 0 bridgehead atoms. The lowest BCUT2D eigenvalue weighted by atomic mass is 10.2. The van der Waals surface area contributed by atoms with E-state index in [4.69, 9.17) is 4.74 Å². The first-order valence-corrected chi connectivity index (χ1v) is 6.41. The predicted octanol–water partition coefficient (Wildman–Crippen LogP) is 0.664. The van der Waals surface area contributed by atoms with Gasteiger partial charge < -0.3 is 9.64 Å². The number of likely N-dealkylation sites (tertiary alicyclic amines) is 1. The molecule has 1 saturated heterocycles. The highest BCUT2D eigenvalue weighted by atomic mass is 16.5. The highest BCUT2D eigenvalue weighted by Gasteiger charge is 2.34. The van der Waals surface area contributed by atoms with Gasteiger partial charge in [0.1, 0.15) is 12.6 Å². The molecule has 0 saturated carbocycles. The molecule has 0 aliphatic carbocycles. The maximum Gasteiger partial charge on any atom is 0.328 e. The monoisotopic (exact) mass is 265 g/mol. The second kappa shape index (κ2) is 5.42. The molecule has 104 valence electrons. The largest absolute Gasteiger partial charge is 0.467 e. The molecule has 6 heteroatoms. The lowest BCUT2D eigenvalue weighted by molar-refractivity contribution is -0.151. The number of aryl methyl sites for hydroxylation is 2. The van der Waals surface area contributed by atoms with Crippen molar-refractivity contribution in [1.29, 1.82) is 0 Å². The molecule has 2 heterocycles. The summed E-state index contributed by atoms with van der Waals surface area (Å²) in [7, 11) is 1.35. The third-order valence-electron chi connectivity index (χ3n) is 3.43. The second-order valence-electron chi connectivity index (χ2n) is 4.85. The van der Waals surface area contributed by atoms with Crippen LogP contribution in [0.5, 0.6) is 0 Å². The van der Waals surface area contributed by atoms with Gasteiger partial charge in [-0.05, 0) is 32.8 Å². The van der Waals surface area contributed by atoms with Crippen molar-refractivity contribution in [2.75, 3.05) is 13.7 Å². The van der Waals surface area contributed by atoms with Crippen LogP contribution in [0.3, 0.4) is 0 Å². The molecule has 1 fully saturated rings. The van der Waals surface area contributed by atoms with Crippen LogP contribution in [-0.2, 0) is 20.9 Å². The Bertz CT molecular complexity index is 495. The fraction of sp³-hybridized carbons (Fsp3) is 0.615. The number of aromatic nitrogens is 2. The molecule has 1 aromatic heterocycles. The Hall–Kier alpha value is -1.85. The normalized spacial score (nSPS) is 18.7. The minimum atomic E-state index is -0.436. The number of carbonyl (C=O) groups is 2. The first-order valence-electron chi connectivity index (χ1n) is 6.41.